The number of carbonyl (C=O) groups is 1. The van der Waals surface area contributed by atoms with Gasteiger partial charge in [0, 0.05) is 28.9 Å². The third-order valence-electron chi connectivity index (χ3n) is 3.82. The van der Waals surface area contributed by atoms with Gasteiger partial charge in [0.15, 0.2) is 0 Å². The number of nitrogens with one attached hydrogen (secondary N) is 2. The van der Waals surface area contributed by atoms with Crippen molar-refractivity contribution in [1.82, 2.24) is 4.72 Å². The molecule has 1 aromatic carbocycles. The molecule has 2 aromatic rings. The smallest absolute Gasteiger partial charge is 0.240 e. The van der Waals surface area contributed by atoms with Crippen LogP contribution in [0.2, 0.25) is 0 Å². The van der Waals surface area contributed by atoms with E-state index in [9.17, 15) is 13.2 Å². The first-order chi connectivity index (χ1) is 12.5. The van der Waals surface area contributed by atoms with Crippen molar-refractivity contribution in [2.75, 3.05) is 23.4 Å². The first-order valence-corrected chi connectivity index (χ1v) is 11.8. The van der Waals surface area contributed by atoms with Gasteiger partial charge in [-0.15, -0.1) is 11.8 Å². The van der Waals surface area contributed by atoms with Gasteiger partial charge < -0.3 is 9.73 Å². The zero-order chi connectivity index (χ0) is 18.6. The number of benzene rings is 1. The highest BCUT2D eigenvalue weighted by Crippen LogP contribution is 2.34. The average Bonchev–Trinajstić information content (AvgIpc) is 3.08. The number of sulfonamides is 1. The highest BCUT2D eigenvalue weighted by Gasteiger charge is 2.22. The molecule has 1 aliphatic heterocycles. The number of anilines is 1. The van der Waals surface area contributed by atoms with Gasteiger partial charge >= 0.3 is 0 Å². The monoisotopic (exact) mass is 412 g/mol. The predicted octanol–water partition coefficient (Wildman–Crippen LogP) is 3.17. The Hall–Kier alpha value is -1.42. The Morgan fingerprint density at radius 1 is 1.38 bits per heavy atom. The summed E-state index contributed by atoms with van der Waals surface area (Å²) in [6.07, 6.45) is 1.62. The first-order valence-electron chi connectivity index (χ1n) is 8.13. The van der Waals surface area contributed by atoms with Crippen molar-refractivity contribution < 1.29 is 17.6 Å². The fourth-order valence-electron chi connectivity index (χ4n) is 2.35. The Kier molecular flexibility index (Phi) is 6.33. The molecule has 0 radical (unpaired) electrons. The molecule has 1 aromatic heterocycles. The summed E-state index contributed by atoms with van der Waals surface area (Å²) in [7, 11) is -3.62. The van der Waals surface area contributed by atoms with E-state index in [-0.39, 0.29) is 16.7 Å². The summed E-state index contributed by atoms with van der Waals surface area (Å²) >= 11 is 3.15. The molecule has 26 heavy (non-hydrogen) atoms. The van der Waals surface area contributed by atoms with Gasteiger partial charge in [0.1, 0.15) is 5.76 Å². The third-order valence-corrected chi connectivity index (χ3v) is 7.59. The molecular formula is C17H20N2O4S3. The second-order valence-corrected chi connectivity index (χ2v) is 9.82. The summed E-state index contributed by atoms with van der Waals surface area (Å²) in [6, 6.07) is 8.57. The minimum absolute atomic E-state index is 0.0897. The van der Waals surface area contributed by atoms with Crippen LogP contribution in [0.5, 0.6) is 0 Å². The van der Waals surface area contributed by atoms with Crippen molar-refractivity contribution in [1.29, 1.82) is 0 Å². The number of fused-ring (bicyclic) bond motifs is 1. The second kappa shape index (κ2) is 8.51. The number of hydrogen-bond acceptors (Lipinski definition) is 6. The number of furan rings is 1. The van der Waals surface area contributed by atoms with Crippen LogP contribution >= 0.6 is 23.5 Å². The molecule has 0 aliphatic carbocycles. The van der Waals surface area contributed by atoms with E-state index in [1.54, 1.807) is 41.9 Å². The Morgan fingerprint density at radius 3 is 3.00 bits per heavy atom. The fraction of sp³-hybridized carbons (Fsp3) is 0.353. The van der Waals surface area contributed by atoms with Crippen LogP contribution in [0.3, 0.4) is 0 Å². The zero-order valence-electron chi connectivity index (χ0n) is 14.2. The molecule has 1 atom stereocenters. The summed E-state index contributed by atoms with van der Waals surface area (Å²) in [5.74, 6) is 2.68. The van der Waals surface area contributed by atoms with E-state index in [0.29, 0.717) is 29.5 Å². The molecule has 2 N–H and O–H groups in total. The zero-order valence-corrected chi connectivity index (χ0v) is 16.7. The maximum atomic E-state index is 12.5. The lowest BCUT2D eigenvalue weighted by molar-refractivity contribution is -0.118. The molecule has 9 heteroatoms. The van der Waals surface area contributed by atoms with Gasteiger partial charge in [-0.2, -0.15) is 11.8 Å². The lowest BCUT2D eigenvalue weighted by atomic mass is 10.2. The van der Waals surface area contributed by atoms with Crippen LogP contribution in [0, 0.1) is 5.92 Å². The van der Waals surface area contributed by atoms with E-state index in [1.165, 1.54) is 6.07 Å². The van der Waals surface area contributed by atoms with Gasteiger partial charge in [0.25, 0.3) is 0 Å². The molecule has 0 bridgehead atoms. The van der Waals surface area contributed by atoms with Crippen LogP contribution in [0.1, 0.15) is 12.7 Å². The van der Waals surface area contributed by atoms with Crippen LogP contribution in [0.4, 0.5) is 5.69 Å². The van der Waals surface area contributed by atoms with Crippen molar-refractivity contribution in [2.45, 2.75) is 22.5 Å². The van der Waals surface area contributed by atoms with E-state index in [2.05, 4.69) is 10.0 Å². The van der Waals surface area contributed by atoms with E-state index >= 15 is 0 Å². The number of carbonyl (C=O) groups excluding carboxylic acids is 1. The van der Waals surface area contributed by atoms with E-state index < -0.39 is 10.0 Å². The Balaban J connectivity index is 1.59. The van der Waals surface area contributed by atoms with E-state index in [4.69, 9.17) is 4.42 Å². The highest BCUT2D eigenvalue weighted by atomic mass is 32.2. The quantitative estimate of drug-likeness (QED) is 0.679. The van der Waals surface area contributed by atoms with Gasteiger partial charge in [-0.25, -0.2) is 13.1 Å². The highest BCUT2D eigenvalue weighted by molar-refractivity contribution is 7.99. The average molecular weight is 413 g/mol. The predicted molar refractivity (Wildman–Crippen MR) is 105 cm³/mol. The lowest BCUT2D eigenvalue weighted by Gasteiger charge is -2.11. The van der Waals surface area contributed by atoms with E-state index in [1.807, 2.05) is 19.1 Å². The molecule has 3 rings (SSSR count). The molecule has 1 amide bonds. The largest absolute Gasteiger partial charge is 0.468 e. The van der Waals surface area contributed by atoms with Crippen LogP contribution in [0.15, 0.2) is 50.8 Å². The van der Waals surface area contributed by atoms with Crippen molar-refractivity contribution in [3.8, 4) is 0 Å². The minimum Gasteiger partial charge on any atom is -0.468 e. The molecule has 0 saturated heterocycles. The Morgan fingerprint density at radius 2 is 2.23 bits per heavy atom. The molecule has 0 fully saturated rings. The summed E-state index contributed by atoms with van der Waals surface area (Å²) in [6.45, 7) is 2.18. The standard InChI is InChI=1S/C17H20N2O4S3/c1-12-10-25-16-5-4-14(9-15(16)19-17(12)20)26(21,22)18-6-8-24-11-13-3-2-7-23-13/h2-5,7,9,12,18H,6,8,10-11H2,1H3,(H,19,20). The van der Waals surface area contributed by atoms with Crippen molar-refractivity contribution >= 4 is 45.1 Å². The number of rotatable bonds is 7. The second-order valence-electron chi connectivity index (χ2n) is 5.89. The molecule has 1 unspecified atom stereocenters. The van der Waals surface area contributed by atoms with Gasteiger partial charge in [-0.05, 0) is 30.3 Å². The van der Waals surface area contributed by atoms with Crippen LogP contribution in [0.25, 0.3) is 0 Å². The van der Waals surface area contributed by atoms with Crippen molar-refractivity contribution in [2.24, 2.45) is 5.92 Å². The normalized spacial score (nSPS) is 17.4. The maximum absolute atomic E-state index is 12.5. The van der Waals surface area contributed by atoms with Gasteiger partial charge in [-0.1, -0.05) is 6.92 Å². The minimum atomic E-state index is -3.62. The van der Waals surface area contributed by atoms with Crippen LogP contribution in [-0.4, -0.2) is 32.4 Å². The van der Waals surface area contributed by atoms with Crippen LogP contribution in [-0.2, 0) is 20.6 Å². The van der Waals surface area contributed by atoms with Gasteiger partial charge in [-0.3, -0.25) is 4.79 Å². The number of amides is 1. The molecule has 0 saturated carbocycles. The maximum Gasteiger partial charge on any atom is 0.240 e. The molecule has 2 heterocycles. The summed E-state index contributed by atoms with van der Waals surface area (Å²) in [5.41, 5.74) is 0.555. The molecule has 6 nitrogen and oxygen atoms in total. The van der Waals surface area contributed by atoms with Crippen molar-refractivity contribution in [3.63, 3.8) is 0 Å². The molecule has 1 aliphatic rings. The third kappa shape index (κ3) is 4.85. The Bertz CT molecular complexity index is 866. The number of hydrogen-bond donors (Lipinski definition) is 2. The summed E-state index contributed by atoms with van der Waals surface area (Å²) in [4.78, 5) is 13.0. The SMILES string of the molecule is CC1CSc2ccc(S(=O)(=O)NCCSCc3ccco3)cc2NC1=O. The van der Waals surface area contributed by atoms with Crippen LogP contribution < -0.4 is 10.0 Å². The summed E-state index contributed by atoms with van der Waals surface area (Å²) < 4.78 is 32.8. The Labute approximate surface area is 161 Å². The van der Waals surface area contributed by atoms with Crippen molar-refractivity contribution in [3.05, 3.63) is 42.4 Å². The fourth-order valence-corrected chi connectivity index (χ4v) is 5.30. The van der Waals surface area contributed by atoms with Gasteiger partial charge in [0.2, 0.25) is 15.9 Å². The molecule has 0 spiro atoms. The molecule has 140 valence electrons. The lowest BCUT2D eigenvalue weighted by Crippen LogP contribution is -2.26. The number of thioether (sulfide) groups is 2. The van der Waals surface area contributed by atoms with E-state index in [0.717, 1.165) is 10.7 Å². The molecular weight excluding hydrogens is 392 g/mol. The summed E-state index contributed by atoms with van der Waals surface area (Å²) in [5, 5.41) is 2.81. The van der Waals surface area contributed by atoms with Gasteiger partial charge in [0.05, 0.1) is 22.6 Å². The topological polar surface area (TPSA) is 88.4 Å². The first kappa shape index (κ1) is 19.3.